The quantitative estimate of drug-likeness (QED) is 0.226. The van der Waals surface area contributed by atoms with Crippen LogP contribution in [0, 0.1) is 5.92 Å². The van der Waals surface area contributed by atoms with Gasteiger partial charge in [0.05, 0.1) is 18.1 Å². The molecule has 5 nitrogen and oxygen atoms in total. The second-order valence-corrected chi connectivity index (χ2v) is 11.9. The molecule has 0 aromatic heterocycles. The summed E-state index contributed by atoms with van der Waals surface area (Å²) in [6, 6.07) is 27.9. The Balaban J connectivity index is 1.66. The number of carbonyl (C=O) groups excluding carboxylic acids is 2. The van der Waals surface area contributed by atoms with Gasteiger partial charge in [-0.3, -0.25) is 9.79 Å². The zero-order valence-electron chi connectivity index (χ0n) is 25.4. The topological polar surface area (TPSA) is 59.0 Å². The van der Waals surface area contributed by atoms with Crippen LogP contribution in [0.3, 0.4) is 0 Å². The van der Waals surface area contributed by atoms with E-state index in [0.717, 1.165) is 16.7 Å². The van der Waals surface area contributed by atoms with Crippen molar-refractivity contribution >= 4 is 29.2 Å². The predicted octanol–water partition coefficient (Wildman–Crippen LogP) is 8.20. The summed E-state index contributed by atoms with van der Waals surface area (Å²) in [5.74, 6) is -1.66. The molecule has 0 aliphatic carbocycles. The summed E-state index contributed by atoms with van der Waals surface area (Å²) in [6.07, 6.45) is 0.618. The van der Waals surface area contributed by atoms with E-state index in [4.69, 9.17) is 21.3 Å². The van der Waals surface area contributed by atoms with Crippen molar-refractivity contribution in [2.24, 2.45) is 10.9 Å². The average molecular weight is 585 g/mol. The zero-order valence-corrected chi connectivity index (χ0v) is 26.1. The first kappa shape index (κ1) is 31.2. The Morgan fingerprint density at radius 1 is 0.857 bits per heavy atom. The Kier molecular flexibility index (Phi) is 10.4. The molecule has 2 unspecified atom stereocenters. The van der Waals surface area contributed by atoms with E-state index in [1.54, 1.807) is 6.07 Å². The number of aliphatic imine (C=N–C) groups is 1. The number of benzene rings is 3. The SMILES string of the molecule is CC1=NC(C)=C(C(=O)OCCC(c2ccccc2)c2ccccc2)C(c2cccc(Cl)c2)C1C(=O)N(C(C)C)C(C)C. The van der Waals surface area contributed by atoms with E-state index < -0.39 is 17.8 Å². The predicted molar refractivity (Wildman–Crippen MR) is 171 cm³/mol. The fraction of sp³-hybridized carbons (Fsp3) is 0.361. The smallest absolute Gasteiger partial charge is 0.336 e. The summed E-state index contributed by atoms with van der Waals surface area (Å²) in [6.45, 7) is 11.9. The lowest BCUT2D eigenvalue weighted by molar-refractivity contribution is -0.140. The molecule has 220 valence electrons. The highest BCUT2D eigenvalue weighted by atomic mass is 35.5. The molecular weight excluding hydrogens is 544 g/mol. The summed E-state index contributed by atoms with van der Waals surface area (Å²) in [5, 5.41) is 0.544. The lowest BCUT2D eigenvalue weighted by Crippen LogP contribution is -2.49. The Labute approximate surface area is 255 Å². The number of hydrogen-bond acceptors (Lipinski definition) is 4. The van der Waals surface area contributed by atoms with Crippen LogP contribution < -0.4 is 0 Å². The van der Waals surface area contributed by atoms with Crippen LogP contribution in [-0.2, 0) is 14.3 Å². The summed E-state index contributed by atoms with van der Waals surface area (Å²) < 4.78 is 6.00. The summed E-state index contributed by atoms with van der Waals surface area (Å²) in [4.78, 5) is 34.7. The van der Waals surface area contributed by atoms with E-state index in [-0.39, 0.29) is 30.5 Å². The molecule has 3 aromatic carbocycles. The normalized spacial score (nSPS) is 17.0. The first-order chi connectivity index (χ1) is 20.1. The molecule has 1 aliphatic heterocycles. The average Bonchev–Trinajstić information content (AvgIpc) is 2.95. The minimum atomic E-state index is -0.652. The van der Waals surface area contributed by atoms with Gasteiger partial charge in [-0.2, -0.15) is 0 Å². The van der Waals surface area contributed by atoms with Crippen molar-refractivity contribution < 1.29 is 14.3 Å². The molecule has 1 amide bonds. The summed E-state index contributed by atoms with van der Waals surface area (Å²) in [5.41, 5.74) is 4.77. The van der Waals surface area contributed by atoms with E-state index in [9.17, 15) is 9.59 Å². The van der Waals surface area contributed by atoms with Crippen LogP contribution in [0.25, 0.3) is 0 Å². The van der Waals surface area contributed by atoms with Crippen LogP contribution in [0.5, 0.6) is 0 Å². The molecule has 6 heteroatoms. The first-order valence-electron chi connectivity index (χ1n) is 14.7. The third kappa shape index (κ3) is 7.01. The summed E-state index contributed by atoms with van der Waals surface area (Å²) >= 11 is 6.43. The lowest BCUT2D eigenvalue weighted by Gasteiger charge is -2.39. The third-order valence-corrected chi connectivity index (χ3v) is 8.17. The van der Waals surface area contributed by atoms with Gasteiger partial charge in [-0.1, -0.05) is 84.4 Å². The number of amides is 1. The molecule has 42 heavy (non-hydrogen) atoms. The van der Waals surface area contributed by atoms with E-state index in [1.165, 1.54) is 0 Å². The van der Waals surface area contributed by atoms with Crippen molar-refractivity contribution in [2.45, 2.75) is 71.9 Å². The summed E-state index contributed by atoms with van der Waals surface area (Å²) in [7, 11) is 0. The Hall–Kier alpha value is -3.70. The fourth-order valence-electron chi connectivity index (χ4n) is 6.19. The maximum Gasteiger partial charge on any atom is 0.336 e. The van der Waals surface area contributed by atoms with Crippen molar-refractivity contribution in [3.8, 4) is 0 Å². The molecule has 0 bridgehead atoms. The molecule has 0 fully saturated rings. The van der Waals surface area contributed by atoms with Crippen molar-refractivity contribution in [1.82, 2.24) is 4.90 Å². The fourth-order valence-corrected chi connectivity index (χ4v) is 6.39. The minimum absolute atomic E-state index is 0.0133. The first-order valence-corrected chi connectivity index (χ1v) is 15.1. The van der Waals surface area contributed by atoms with Crippen LogP contribution in [0.1, 0.15) is 76.5 Å². The van der Waals surface area contributed by atoms with Gasteiger partial charge in [0.2, 0.25) is 5.91 Å². The molecular formula is C36H41ClN2O3. The minimum Gasteiger partial charge on any atom is -0.462 e. The van der Waals surface area contributed by atoms with E-state index >= 15 is 0 Å². The Morgan fingerprint density at radius 3 is 1.95 bits per heavy atom. The molecule has 1 aliphatic rings. The van der Waals surface area contributed by atoms with Crippen LogP contribution in [0.15, 0.2) is 101 Å². The Bertz CT molecular complexity index is 1400. The molecule has 0 saturated carbocycles. The highest BCUT2D eigenvalue weighted by Crippen LogP contribution is 2.41. The van der Waals surface area contributed by atoms with Crippen molar-refractivity contribution in [1.29, 1.82) is 0 Å². The van der Waals surface area contributed by atoms with Gasteiger partial charge < -0.3 is 9.64 Å². The number of allylic oxidation sites excluding steroid dienone is 1. The van der Waals surface area contributed by atoms with Crippen molar-refractivity contribution in [2.75, 3.05) is 6.61 Å². The highest BCUT2D eigenvalue weighted by molar-refractivity contribution is 6.30. The molecule has 0 radical (unpaired) electrons. The standard InChI is InChI=1S/C36H41ClN2O3/c1-23(2)39(24(3)4)35(40)32-25(5)38-26(6)33(34(32)29-18-13-19-30(37)22-29)36(41)42-21-20-31(27-14-9-7-10-15-27)28-16-11-8-12-17-28/h7-19,22-24,31-32,34H,20-21H2,1-6H3. The van der Waals surface area contributed by atoms with Crippen molar-refractivity contribution in [3.05, 3.63) is 118 Å². The van der Waals surface area contributed by atoms with Gasteiger partial charge in [0.15, 0.2) is 0 Å². The van der Waals surface area contributed by atoms with Gasteiger partial charge in [-0.15, -0.1) is 0 Å². The Morgan fingerprint density at radius 2 is 1.43 bits per heavy atom. The second-order valence-electron chi connectivity index (χ2n) is 11.5. The van der Waals surface area contributed by atoms with Gasteiger partial charge >= 0.3 is 5.97 Å². The van der Waals surface area contributed by atoms with Crippen molar-refractivity contribution in [3.63, 3.8) is 0 Å². The van der Waals surface area contributed by atoms with Gasteiger partial charge in [0.25, 0.3) is 0 Å². The zero-order chi connectivity index (χ0) is 30.4. The number of hydrogen-bond donors (Lipinski definition) is 0. The van der Waals surface area contributed by atoms with E-state index in [2.05, 4.69) is 24.3 Å². The monoisotopic (exact) mass is 584 g/mol. The van der Waals surface area contributed by atoms with E-state index in [1.807, 2.05) is 101 Å². The maximum absolute atomic E-state index is 14.2. The second kappa shape index (κ2) is 14.0. The molecule has 0 saturated heterocycles. The molecule has 0 N–H and O–H groups in total. The van der Waals surface area contributed by atoms with E-state index in [0.29, 0.717) is 28.4 Å². The maximum atomic E-state index is 14.2. The molecule has 4 rings (SSSR count). The number of carbonyl (C=O) groups is 2. The van der Waals surface area contributed by atoms with Crippen LogP contribution >= 0.6 is 11.6 Å². The van der Waals surface area contributed by atoms with Crippen LogP contribution in [0.4, 0.5) is 0 Å². The molecule has 2 atom stereocenters. The third-order valence-electron chi connectivity index (χ3n) is 7.93. The molecule has 1 heterocycles. The number of esters is 1. The van der Waals surface area contributed by atoms with Crippen LogP contribution in [0.2, 0.25) is 5.02 Å². The van der Waals surface area contributed by atoms with Gasteiger partial charge in [0, 0.05) is 40.4 Å². The number of rotatable bonds is 10. The number of nitrogens with zero attached hydrogens (tertiary/aromatic N) is 2. The highest BCUT2D eigenvalue weighted by Gasteiger charge is 2.44. The van der Waals surface area contributed by atoms with Gasteiger partial charge in [-0.25, -0.2) is 4.79 Å². The number of ether oxygens (including phenoxy) is 1. The largest absolute Gasteiger partial charge is 0.462 e. The molecule has 3 aromatic rings. The lowest BCUT2D eigenvalue weighted by atomic mass is 9.74. The molecule has 0 spiro atoms. The van der Waals surface area contributed by atoms with Gasteiger partial charge in [-0.05, 0) is 76.8 Å². The van der Waals surface area contributed by atoms with Crippen LogP contribution in [-0.4, -0.2) is 41.2 Å². The number of halogens is 1. The van der Waals surface area contributed by atoms with Gasteiger partial charge in [0.1, 0.15) is 0 Å².